The Kier molecular flexibility index (Phi) is 3.89. The van der Waals surface area contributed by atoms with Crippen molar-refractivity contribution in [2.75, 3.05) is 20.3 Å². The third kappa shape index (κ3) is 2.27. The molecular weight excluding hydrogens is 382 g/mol. The van der Waals surface area contributed by atoms with Gasteiger partial charge in [0.25, 0.3) is 5.91 Å². The van der Waals surface area contributed by atoms with Crippen LogP contribution in [0.2, 0.25) is 0 Å². The van der Waals surface area contributed by atoms with E-state index in [1.165, 1.54) is 11.1 Å². The zero-order valence-corrected chi connectivity index (χ0v) is 16.8. The molecule has 0 bridgehead atoms. The van der Waals surface area contributed by atoms with E-state index in [0.717, 1.165) is 11.1 Å². The highest BCUT2D eigenvalue weighted by molar-refractivity contribution is 6.08. The van der Waals surface area contributed by atoms with Gasteiger partial charge >= 0.3 is 0 Å². The van der Waals surface area contributed by atoms with Gasteiger partial charge in [-0.1, -0.05) is 13.0 Å². The number of guanidine groups is 1. The SMILES string of the molecule is CN1C(=O)C2(N=C1N)c1cc(-c3cncc(C#N)c3)ccc1OC1CCOCC12C. The van der Waals surface area contributed by atoms with Crippen LogP contribution in [0.4, 0.5) is 0 Å². The number of aliphatic imine (C=N–C) groups is 1. The number of rotatable bonds is 1. The number of nitrogens with zero attached hydrogens (tertiary/aromatic N) is 4. The molecule has 152 valence electrons. The fraction of sp³-hybridized carbons (Fsp3) is 0.364. The number of fused-ring (bicyclic) bond motifs is 4. The monoisotopic (exact) mass is 403 g/mol. The maximum atomic E-state index is 13.6. The van der Waals surface area contributed by atoms with Gasteiger partial charge in [0.15, 0.2) is 11.5 Å². The van der Waals surface area contributed by atoms with Gasteiger partial charge in [0, 0.05) is 37.0 Å². The predicted octanol–water partition coefficient (Wildman–Crippen LogP) is 1.79. The first-order chi connectivity index (χ1) is 14.4. The second-order valence-corrected chi connectivity index (χ2v) is 8.19. The summed E-state index contributed by atoms with van der Waals surface area (Å²) in [5.41, 5.74) is 6.89. The zero-order chi connectivity index (χ0) is 21.1. The Morgan fingerprint density at radius 3 is 2.87 bits per heavy atom. The van der Waals surface area contributed by atoms with Gasteiger partial charge < -0.3 is 15.2 Å². The van der Waals surface area contributed by atoms with Crippen molar-refractivity contribution in [3.63, 3.8) is 0 Å². The molecule has 2 aromatic rings. The molecule has 3 aliphatic rings. The molecule has 0 radical (unpaired) electrons. The highest BCUT2D eigenvalue weighted by atomic mass is 16.5. The summed E-state index contributed by atoms with van der Waals surface area (Å²) in [6.07, 6.45) is 3.64. The minimum absolute atomic E-state index is 0.178. The smallest absolute Gasteiger partial charge is 0.262 e. The van der Waals surface area contributed by atoms with Crippen molar-refractivity contribution in [1.29, 1.82) is 5.26 Å². The number of benzene rings is 1. The molecule has 30 heavy (non-hydrogen) atoms. The van der Waals surface area contributed by atoms with Crippen LogP contribution in [0.15, 0.2) is 41.7 Å². The van der Waals surface area contributed by atoms with Crippen LogP contribution >= 0.6 is 0 Å². The number of hydrogen-bond donors (Lipinski definition) is 1. The molecule has 4 heterocycles. The number of pyridine rings is 1. The van der Waals surface area contributed by atoms with Crippen molar-refractivity contribution in [1.82, 2.24) is 9.88 Å². The molecule has 8 heteroatoms. The lowest BCUT2D eigenvalue weighted by Crippen LogP contribution is -2.63. The summed E-state index contributed by atoms with van der Waals surface area (Å²) in [6, 6.07) is 9.54. The number of nitrogens with two attached hydrogens (primary N) is 1. The van der Waals surface area contributed by atoms with E-state index in [4.69, 9.17) is 20.2 Å². The average molecular weight is 403 g/mol. The predicted molar refractivity (Wildman–Crippen MR) is 108 cm³/mol. The Bertz CT molecular complexity index is 1140. The van der Waals surface area contributed by atoms with Gasteiger partial charge in [0.2, 0.25) is 0 Å². The molecule has 3 aliphatic heterocycles. The van der Waals surface area contributed by atoms with Crippen LogP contribution in [-0.2, 0) is 15.1 Å². The van der Waals surface area contributed by atoms with Crippen LogP contribution in [0.1, 0.15) is 24.5 Å². The molecule has 1 saturated heterocycles. The molecule has 1 fully saturated rings. The molecule has 1 amide bonds. The molecule has 5 rings (SSSR count). The topological polar surface area (TPSA) is 114 Å². The van der Waals surface area contributed by atoms with Crippen LogP contribution in [0.3, 0.4) is 0 Å². The standard InChI is InChI=1S/C22H21N5O3/c1-21-12-29-6-5-18(21)30-17-4-3-14(15-7-13(9-23)10-25-11-15)8-16(17)22(21)19(28)27(2)20(24)26-22/h3-4,7-8,10-11,18H,5-6,12H2,1-2H3,(H2,24,26). The maximum absolute atomic E-state index is 13.6. The number of likely N-dealkylation sites (N-methyl/N-ethyl adjacent to an activating group) is 1. The van der Waals surface area contributed by atoms with Gasteiger partial charge in [0.05, 0.1) is 24.2 Å². The van der Waals surface area contributed by atoms with Crippen molar-refractivity contribution in [3.05, 3.63) is 47.8 Å². The Hall–Kier alpha value is -3.44. The van der Waals surface area contributed by atoms with Crippen LogP contribution in [0.5, 0.6) is 5.75 Å². The largest absolute Gasteiger partial charge is 0.489 e. The maximum Gasteiger partial charge on any atom is 0.262 e. The second kappa shape index (κ2) is 6.28. The fourth-order valence-corrected chi connectivity index (χ4v) is 4.82. The molecule has 2 N–H and O–H groups in total. The molecular formula is C22H21N5O3. The summed E-state index contributed by atoms with van der Waals surface area (Å²) >= 11 is 0. The van der Waals surface area contributed by atoms with E-state index in [0.29, 0.717) is 36.5 Å². The highest BCUT2D eigenvalue weighted by Crippen LogP contribution is 2.58. The average Bonchev–Trinajstić information content (AvgIpc) is 3.00. The van der Waals surface area contributed by atoms with Gasteiger partial charge in [0.1, 0.15) is 17.9 Å². The van der Waals surface area contributed by atoms with Crippen molar-refractivity contribution >= 4 is 11.9 Å². The molecule has 1 aromatic heterocycles. The lowest BCUT2D eigenvalue weighted by Gasteiger charge is -2.53. The first-order valence-corrected chi connectivity index (χ1v) is 9.78. The number of nitriles is 1. The van der Waals surface area contributed by atoms with Crippen molar-refractivity contribution in [2.45, 2.75) is 25.0 Å². The molecule has 3 unspecified atom stereocenters. The molecule has 1 aromatic carbocycles. The van der Waals surface area contributed by atoms with E-state index in [-0.39, 0.29) is 18.0 Å². The molecule has 0 saturated carbocycles. The third-order valence-corrected chi connectivity index (χ3v) is 6.54. The molecule has 8 nitrogen and oxygen atoms in total. The van der Waals surface area contributed by atoms with Crippen LogP contribution in [0, 0.1) is 16.7 Å². The first-order valence-electron chi connectivity index (χ1n) is 9.78. The Morgan fingerprint density at radius 1 is 1.30 bits per heavy atom. The minimum Gasteiger partial charge on any atom is -0.489 e. The Morgan fingerprint density at radius 2 is 2.13 bits per heavy atom. The van der Waals surface area contributed by atoms with Gasteiger partial charge in [-0.15, -0.1) is 0 Å². The summed E-state index contributed by atoms with van der Waals surface area (Å²) in [7, 11) is 1.64. The van der Waals surface area contributed by atoms with Crippen molar-refractivity contribution < 1.29 is 14.3 Å². The van der Waals surface area contributed by atoms with E-state index >= 15 is 0 Å². The number of carbonyl (C=O) groups is 1. The van der Waals surface area contributed by atoms with E-state index in [2.05, 4.69) is 11.1 Å². The Balaban J connectivity index is 1.76. The Labute approximate surface area is 173 Å². The van der Waals surface area contributed by atoms with E-state index in [1.807, 2.05) is 25.1 Å². The van der Waals surface area contributed by atoms with E-state index < -0.39 is 11.0 Å². The lowest BCUT2D eigenvalue weighted by atomic mass is 9.61. The van der Waals surface area contributed by atoms with Gasteiger partial charge in [-0.05, 0) is 23.8 Å². The summed E-state index contributed by atoms with van der Waals surface area (Å²) in [4.78, 5) is 23.9. The number of aromatic nitrogens is 1. The van der Waals surface area contributed by atoms with Gasteiger partial charge in [-0.3, -0.25) is 14.7 Å². The normalized spacial score (nSPS) is 29.6. The van der Waals surface area contributed by atoms with Crippen molar-refractivity contribution in [2.24, 2.45) is 16.1 Å². The van der Waals surface area contributed by atoms with E-state index in [1.54, 1.807) is 19.3 Å². The van der Waals surface area contributed by atoms with Crippen LogP contribution in [-0.4, -0.2) is 48.1 Å². The molecule has 1 spiro atoms. The highest BCUT2D eigenvalue weighted by Gasteiger charge is 2.67. The molecule has 0 aliphatic carbocycles. The van der Waals surface area contributed by atoms with Crippen LogP contribution in [0.25, 0.3) is 11.1 Å². The lowest BCUT2D eigenvalue weighted by molar-refractivity contribution is -0.159. The number of ether oxygens (including phenoxy) is 2. The summed E-state index contributed by atoms with van der Waals surface area (Å²) in [5.74, 6) is 0.605. The number of hydrogen-bond acceptors (Lipinski definition) is 7. The first kappa shape index (κ1) is 18.6. The van der Waals surface area contributed by atoms with Gasteiger partial charge in [-0.2, -0.15) is 5.26 Å². The summed E-state index contributed by atoms with van der Waals surface area (Å²) in [6.45, 7) is 2.89. The third-order valence-electron chi connectivity index (χ3n) is 6.54. The van der Waals surface area contributed by atoms with E-state index in [9.17, 15) is 10.1 Å². The number of carbonyl (C=O) groups excluding carboxylic acids is 1. The van der Waals surface area contributed by atoms with Crippen LogP contribution < -0.4 is 10.5 Å². The number of amides is 1. The molecule has 3 atom stereocenters. The summed E-state index contributed by atoms with van der Waals surface area (Å²) < 4.78 is 12.2. The van der Waals surface area contributed by atoms with Crippen molar-refractivity contribution in [3.8, 4) is 22.9 Å². The summed E-state index contributed by atoms with van der Waals surface area (Å²) in [5, 5.41) is 9.22. The quantitative estimate of drug-likeness (QED) is 0.776. The van der Waals surface area contributed by atoms with Gasteiger partial charge in [-0.25, -0.2) is 4.99 Å². The second-order valence-electron chi connectivity index (χ2n) is 8.19. The zero-order valence-electron chi connectivity index (χ0n) is 16.8. The fourth-order valence-electron chi connectivity index (χ4n) is 4.82. The minimum atomic E-state index is -1.24.